The van der Waals surface area contributed by atoms with Crippen LogP contribution in [0.25, 0.3) is 11.1 Å². The number of ketones is 1. The van der Waals surface area contributed by atoms with Crippen LogP contribution in [0.3, 0.4) is 0 Å². The first-order chi connectivity index (χ1) is 10.8. The number of benzene rings is 2. The molecule has 2 aromatic rings. The first kappa shape index (κ1) is 14.5. The van der Waals surface area contributed by atoms with E-state index in [1.165, 1.54) is 12.6 Å². The lowest BCUT2D eigenvalue weighted by Gasteiger charge is -2.22. The smallest absolute Gasteiger partial charge is 0.205 e. The highest BCUT2D eigenvalue weighted by Gasteiger charge is 2.08. The van der Waals surface area contributed by atoms with Crippen molar-refractivity contribution in [2.75, 3.05) is 13.1 Å². The molecule has 0 radical (unpaired) electrons. The van der Waals surface area contributed by atoms with E-state index in [4.69, 9.17) is 0 Å². The molecule has 0 unspecified atom stereocenters. The monoisotopic (exact) mass is 292 g/mol. The summed E-state index contributed by atoms with van der Waals surface area (Å²) >= 11 is 0. The Morgan fingerprint density at radius 2 is 1.50 bits per heavy atom. The van der Waals surface area contributed by atoms with Crippen LogP contribution in [0.4, 0.5) is 0 Å². The molecule has 0 saturated carbocycles. The maximum absolute atomic E-state index is 12.2. The predicted octanol–water partition coefficient (Wildman–Crippen LogP) is 4.01. The van der Waals surface area contributed by atoms with Crippen LogP contribution in [-0.4, -0.2) is 30.1 Å². The lowest BCUT2D eigenvalue weighted by atomic mass is 10.0. The predicted molar refractivity (Wildman–Crippen MR) is 90.1 cm³/mol. The minimum Gasteiger partial charge on any atom is -0.297 e. The molecule has 2 aromatic carbocycles. The zero-order chi connectivity index (χ0) is 15.2. The van der Waals surface area contributed by atoms with Gasteiger partial charge in [-0.2, -0.15) is 5.10 Å². The van der Waals surface area contributed by atoms with Gasteiger partial charge < -0.3 is 0 Å². The number of hydrogen-bond donors (Lipinski definition) is 0. The van der Waals surface area contributed by atoms with E-state index < -0.39 is 0 Å². The minimum atomic E-state index is -0.0369. The molecule has 0 amide bonds. The van der Waals surface area contributed by atoms with Gasteiger partial charge in [0.15, 0.2) is 0 Å². The van der Waals surface area contributed by atoms with Crippen LogP contribution in [0.15, 0.2) is 59.7 Å². The highest BCUT2D eigenvalue weighted by Crippen LogP contribution is 2.19. The average molecular weight is 292 g/mol. The third-order valence-corrected chi connectivity index (χ3v) is 3.95. The summed E-state index contributed by atoms with van der Waals surface area (Å²) in [5.74, 6) is -0.0369. The van der Waals surface area contributed by atoms with Crippen LogP contribution >= 0.6 is 0 Å². The standard InChI is InChI=1S/C19H20N2O/c22-19(15-20-21-13-5-2-6-14-21)18-11-9-17(10-12-18)16-7-3-1-4-8-16/h1,3-4,7-12,15H,2,5-6,13-14H2. The van der Waals surface area contributed by atoms with Crippen molar-refractivity contribution in [3.05, 3.63) is 60.2 Å². The van der Waals surface area contributed by atoms with Crippen molar-refractivity contribution < 1.29 is 4.79 Å². The summed E-state index contributed by atoms with van der Waals surface area (Å²) in [5.41, 5.74) is 2.95. The summed E-state index contributed by atoms with van der Waals surface area (Å²) in [5, 5.41) is 6.28. The molecule has 3 nitrogen and oxygen atoms in total. The van der Waals surface area contributed by atoms with E-state index >= 15 is 0 Å². The van der Waals surface area contributed by atoms with Gasteiger partial charge in [0.1, 0.15) is 0 Å². The molecule has 1 aliphatic heterocycles. The third-order valence-electron chi connectivity index (χ3n) is 3.95. The van der Waals surface area contributed by atoms with Crippen LogP contribution < -0.4 is 0 Å². The topological polar surface area (TPSA) is 32.7 Å². The third kappa shape index (κ3) is 3.61. The normalized spacial score (nSPS) is 15.2. The number of nitrogens with zero attached hydrogens (tertiary/aromatic N) is 2. The fourth-order valence-electron chi connectivity index (χ4n) is 2.66. The highest BCUT2D eigenvalue weighted by molar-refractivity contribution is 6.35. The second-order valence-electron chi connectivity index (χ2n) is 5.57. The van der Waals surface area contributed by atoms with Crippen molar-refractivity contribution in [3.63, 3.8) is 0 Å². The van der Waals surface area contributed by atoms with Gasteiger partial charge in [0.2, 0.25) is 5.78 Å². The van der Waals surface area contributed by atoms with E-state index in [9.17, 15) is 4.79 Å². The summed E-state index contributed by atoms with van der Waals surface area (Å²) in [6.07, 6.45) is 5.04. The number of Topliss-reactive ketones (excluding diaryl/α,β-unsaturated/α-hetero) is 1. The second kappa shape index (κ2) is 7.03. The van der Waals surface area contributed by atoms with E-state index in [-0.39, 0.29) is 5.78 Å². The van der Waals surface area contributed by atoms with Gasteiger partial charge in [0, 0.05) is 18.7 Å². The first-order valence-corrected chi connectivity index (χ1v) is 7.82. The Kier molecular flexibility index (Phi) is 4.64. The van der Waals surface area contributed by atoms with Gasteiger partial charge >= 0.3 is 0 Å². The molecule has 0 aliphatic carbocycles. The minimum absolute atomic E-state index is 0.0369. The molecule has 0 aromatic heterocycles. The fourth-order valence-corrected chi connectivity index (χ4v) is 2.66. The fraction of sp³-hybridized carbons (Fsp3) is 0.263. The summed E-state index contributed by atoms with van der Waals surface area (Å²) in [6, 6.07) is 17.9. The molecule has 1 aliphatic rings. The van der Waals surface area contributed by atoms with Crippen molar-refractivity contribution >= 4 is 12.0 Å². The Morgan fingerprint density at radius 1 is 0.864 bits per heavy atom. The van der Waals surface area contributed by atoms with Gasteiger partial charge in [-0.05, 0) is 30.4 Å². The van der Waals surface area contributed by atoms with E-state index in [2.05, 4.69) is 17.2 Å². The molecular weight excluding hydrogens is 272 g/mol. The molecule has 112 valence electrons. The lowest BCUT2D eigenvalue weighted by Crippen LogP contribution is -2.25. The largest absolute Gasteiger partial charge is 0.297 e. The van der Waals surface area contributed by atoms with Crippen LogP contribution in [0.5, 0.6) is 0 Å². The quantitative estimate of drug-likeness (QED) is 0.630. The van der Waals surface area contributed by atoms with Gasteiger partial charge in [-0.1, -0.05) is 54.6 Å². The van der Waals surface area contributed by atoms with Crippen molar-refractivity contribution in [3.8, 4) is 11.1 Å². The summed E-state index contributed by atoms with van der Waals surface area (Å²) in [4.78, 5) is 12.2. The molecule has 1 fully saturated rings. The van der Waals surface area contributed by atoms with Crippen molar-refractivity contribution in [1.82, 2.24) is 5.01 Å². The Morgan fingerprint density at radius 3 is 2.18 bits per heavy atom. The number of carbonyl (C=O) groups excluding carboxylic acids is 1. The molecule has 3 heteroatoms. The Bertz CT molecular complexity index is 641. The van der Waals surface area contributed by atoms with Crippen LogP contribution in [-0.2, 0) is 0 Å². The molecule has 0 atom stereocenters. The molecule has 0 N–H and O–H groups in total. The zero-order valence-corrected chi connectivity index (χ0v) is 12.6. The van der Waals surface area contributed by atoms with E-state index in [0.717, 1.165) is 37.1 Å². The summed E-state index contributed by atoms with van der Waals surface area (Å²) in [7, 11) is 0. The SMILES string of the molecule is O=C(C=NN1CCCCC1)c1ccc(-c2ccccc2)cc1. The summed E-state index contributed by atoms with van der Waals surface area (Å²) in [6.45, 7) is 1.91. The summed E-state index contributed by atoms with van der Waals surface area (Å²) < 4.78 is 0. The average Bonchev–Trinajstić information content (AvgIpc) is 2.61. The van der Waals surface area contributed by atoms with Crippen molar-refractivity contribution in [1.29, 1.82) is 0 Å². The van der Waals surface area contributed by atoms with E-state index in [1.54, 1.807) is 0 Å². The number of piperidine rings is 1. The highest BCUT2D eigenvalue weighted by atomic mass is 16.1. The van der Waals surface area contributed by atoms with Gasteiger partial charge in [-0.25, -0.2) is 0 Å². The first-order valence-electron chi connectivity index (χ1n) is 7.82. The Hall–Kier alpha value is -2.42. The molecule has 3 rings (SSSR count). The van der Waals surface area contributed by atoms with Crippen LogP contribution in [0, 0.1) is 0 Å². The Labute approximate surface area is 131 Å². The molecule has 0 bridgehead atoms. The Balaban J connectivity index is 1.67. The number of carbonyl (C=O) groups is 1. The molecular formula is C19H20N2O. The zero-order valence-electron chi connectivity index (χ0n) is 12.6. The van der Waals surface area contributed by atoms with Gasteiger partial charge in [0.05, 0.1) is 6.21 Å². The molecule has 22 heavy (non-hydrogen) atoms. The number of hydrazone groups is 1. The molecule has 1 heterocycles. The van der Waals surface area contributed by atoms with E-state index in [1.807, 2.05) is 47.5 Å². The van der Waals surface area contributed by atoms with Crippen LogP contribution in [0.1, 0.15) is 29.6 Å². The van der Waals surface area contributed by atoms with Crippen molar-refractivity contribution in [2.45, 2.75) is 19.3 Å². The molecule has 1 saturated heterocycles. The van der Waals surface area contributed by atoms with E-state index in [0.29, 0.717) is 5.56 Å². The van der Waals surface area contributed by atoms with Gasteiger partial charge in [-0.15, -0.1) is 0 Å². The van der Waals surface area contributed by atoms with Gasteiger partial charge in [-0.3, -0.25) is 9.80 Å². The van der Waals surface area contributed by atoms with Crippen LogP contribution in [0.2, 0.25) is 0 Å². The number of rotatable bonds is 4. The lowest BCUT2D eigenvalue weighted by molar-refractivity contribution is 0.106. The molecule has 0 spiro atoms. The maximum atomic E-state index is 12.2. The number of hydrogen-bond acceptors (Lipinski definition) is 3. The van der Waals surface area contributed by atoms with Gasteiger partial charge in [0.25, 0.3) is 0 Å². The second-order valence-corrected chi connectivity index (χ2v) is 5.57. The van der Waals surface area contributed by atoms with Crippen molar-refractivity contribution in [2.24, 2.45) is 5.10 Å². The maximum Gasteiger partial charge on any atom is 0.205 e.